The monoisotopic (exact) mass is 471 g/mol. The fourth-order valence-corrected chi connectivity index (χ4v) is 2.51. The molecule has 0 bridgehead atoms. The summed E-state index contributed by atoms with van der Waals surface area (Å²) in [7, 11) is -7.51. The normalized spacial score (nSPS) is 15.8. The Balaban J connectivity index is 6.59. The summed E-state index contributed by atoms with van der Waals surface area (Å²) < 4.78 is 188. The van der Waals surface area contributed by atoms with Crippen molar-refractivity contribution in [3.05, 3.63) is 0 Å². The first kappa shape index (κ1) is 26.5. The summed E-state index contributed by atoms with van der Waals surface area (Å²) in [5.74, 6) is -35.0. The molecule has 0 radical (unpaired) electrons. The maximum Gasteiger partial charge on any atom is 0.460 e. The largest absolute Gasteiger partial charge is 0.480 e. The Hall–Kier alpha value is -1.53. The van der Waals surface area contributed by atoms with Gasteiger partial charge in [-0.1, -0.05) is 0 Å². The summed E-state index contributed by atoms with van der Waals surface area (Å²) in [5.41, 5.74) is 0. The van der Waals surface area contributed by atoms with Crippen LogP contribution in [-0.2, 0) is 14.8 Å². The number of sulfonamides is 1. The van der Waals surface area contributed by atoms with Gasteiger partial charge in [0, 0.05) is 7.05 Å². The minimum atomic E-state index is -8.29. The van der Waals surface area contributed by atoms with Gasteiger partial charge in [0.2, 0.25) is 0 Å². The molecule has 0 atom stereocenters. The molecule has 0 aromatic heterocycles. The highest BCUT2D eigenvalue weighted by atomic mass is 32.2. The van der Waals surface area contributed by atoms with E-state index in [1.54, 1.807) is 0 Å². The van der Waals surface area contributed by atoms with Gasteiger partial charge in [-0.3, -0.25) is 4.79 Å². The molecule has 0 heterocycles. The quantitative estimate of drug-likeness (QED) is 0.553. The SMILES string of the molecule is CN(CC(=O)O)S(=O)(=O)C(F)(F)C(F)(F)C(F)(F)C(F)(F)C(F)(F)C(F)(F)F. The molecule has 0 spiro atoms. The van der Waals surface area contributed by atoms with Gasteiger partial charge in [-0.25, -0.2) is 8.42 Å². The van der Waals surface area contributed by atoms with Gasteiger partial charge in [-0.05, 0) is 0 Å². The van der Waals surface area contributed by atoms with Crippen molar-refractivity contribution in [3.63, 3.8) is 0 Å². The third-order valence-electron chi connectivity index (χ3n) is 3.00. The van der Waals surface area contributed by atoms with E-state index in [-0.39, 0.29) is 7.05 Å². The Morgan fingerprint density at radius 3 is 1.36 bits per heavy atom. The number of halogens is 13. The molecule has 0 unspecified atom stereocenters. The summed E-state index contributed by atoms with van der Waals surface area (Å²) in [4.78, 5) is 10.2. The van der Waals surface area contributed by atoms with Crippen LogP contribution in [0.15, 0.2) is 0 Å². The Morgan fingerprint density at radius 1 is 0.750 bits per heavy atom. The zero-order chi connectivity index (χ0) is 23.4. The first-order chi connectivity index (χ1) is 11.8. The van der Waals surface area contributed by atoms with Crippen LogP contribution in [0, 0.1) is 0 Å². The third kappa shape index (κ3) is 3.45. The van der Waals surface area contributed by atoms with Crippen molar-refractivity contribution in [2.45, 2.75) is 35.1 Å². The van der Waals surface area contributed by atoms with Crippen molar-refractivity contribution in [2.75, 3.05) is 13.6 Å². The highest BCUT2D eigenvalue weighted by molar-refractivity contribution is 7.90. The van der Waals surface area contributed by atoms with Crippen LogP contribution in [0.1, 0.15) is 0 Å². The second-order valence-electron chi connectivity index (χ2n) is 4.97. The summed E-state index contributed by atoms with van der Waals surface area (Å²) >= 11 is 0. The number of likely N-dealkylation sites (N-methyl/N-ethyl adjacent to an activating group) is 1. The predicted octanol–water partition coefficient (Wildman–Crippen LogP) is 3.03. The number of carboxylic acid groups (broad SMARTS) is 1. The average Bonchev–Trinajstić information content (AvgIpc) is 2.43. The van der Waals surface area contributed by atoms with Crippen molar-refractivity contribution >= 4 is 16.0 Å². The minimum absolute atomic E-state index is 0.228. The fraction of sp³-hybridized carbons (Fsp3) is 0.889. The van der Waals surface area contributed by atoms with Gasteiger partial charge in [0.05, 0.1) is 0 Å². The van der Waals surface area contributed by atoms with Crippen molar-refractivity contribution < 1.29 is 75.4 Å². The lowest BCUT2D eigenvalue weighted by molar-refractivity contribution is -0.433. The molecule has 5 nitrogen and oxygen atoms in total. The first-order valence-electron chi connectivity index (χ1n) is 5.97. The van der Waals surface area contributed by atoms with E-state index < -0.39 is 62.0 Å². The number of nitrogens with zero attached hydrogens (tertiary/aromatic N) is 1. The highest BCUT2D eigenvalue weighted by Crippen LogP contribution is 2.61. The average molecular weight is 471 g/mol. The minimum Gasteiger partial charge on any atom is -0.480 e. The van der Waals surface area contributed by atoms with Gasteiger partial charge < -0.3 is 5.11 Å². The fourth-order valence-electron chi connectivity index (χ4n) is 1.39. The third-order valence-corrected chi connectivity index (χ3v) is 4.85. The highest BCUT2D eigenvalue weighted by Gasteiger charge is 2.92. The van der Waals surface area contributed by atoms with E-state index in [0.717, 1.165) is 0 Å². The summed E-state index contributed by atoms with van der Waals surface area (Å²) in [6.45, 7) is -2.12. The van der Waals surface area contributed by atoms with Crippen molar-refractivity contribution in [1.29, 1.82) is 0 Å². The van der Waals surface area contributed by atoms with E-state index in [0.29, 0.717) is 0 Å². The molecule has 0 rings (SSSR count). The van der Waals surface area contributed by atoms with E-state index in [2.05, 4.69) is 0 Å². The summed E-state index contributed by atoms with van der Waals surface area (Å²) in [6.07, 6.45) is -7.63. The number of hydrogen-bond donors (Lipinski definition) is 1. The second-order valence-corrected chi connectivity index (χ2v) is 7.05. The van der Waals surface area contributed by atoms with Crippen molar-refractivity contribution in [3.8, 4) is 0 Å². The second kappa shape index (κ2) is 6.77. The lowest BCUT2D eigenvalue weighted by Crippen LogP contribution is -2.71. The lowest BCUT2D eigenvalue weighted by atomic mass is 9.98. The summed E-state index contributed by atoms with van der Waals surface area (Å²) in [5, 5.41) is 0.725. The van der Waals surface area contributed by atoms with Crippen LogP contribution < -0.4 is 0 Å². The van der Waals surface area contributed by atoms with E-state index in [1.165, 1.54) is 0 Å². The van der Waals surface area contributed by atoms with Crippen LogP contribution in [0.25, 0.3) is 0 Å². The predicted molar refractivity (Wildman–Crippen MR) is 60.0 cm³/mol. The molecular formula is C9H6F13NO4S. The Morgan fingerprint density at radius 2 is 1.07 bits per heavy atom. The zero-order valence-corrected chi connectivity index (χ0v) is 13.5. The Bertz CT molecular complexity index is 714. The molecule has 0 aromatic rings. The molecule has 0 saturated carbocycles. The summed E-state index contributed by atoms with van der Waals surface area (Å²) in [6, 6.07) is 0. The number of rotatable bonds is 8. The van der Waals surface area contributed by atoms with E-state index in [1.807, 2.05) is 0 Å². The van der Waals surface area contributed by atoms with E-state index in [4.69, 9.17) is 5.11 Å². The van der Waals surface area contributed by atoms with Gasteiger partial charge in [-0.15, -0.1) is 0 Å². The molecule has 0 aliphatic heterocycles. The number of carboxylic acids is 1. The molecule has 0 amide bonds. The van der Waals surface area contributed by atoms with Gasteiger partial charge in [-0.2, -0.15) is 61.4 Å². The molecule has 0 aliphatic rings. The van der Waals surface area contributed by atoms with Crippen LogP contribution in [0.2, 0.25) is 0 Å². The van der Waals surface area contributed by atoms with E-state index >= 15 is 0 Å². The molecule has 28 heavy (non-hydrogen) atoms. The maximum atomic E-state index is 13.5. The van der Waals surface area contributed by atoms with Crippen LogP contribution in [0.4, 0.5) is 57.1 Å². The van der Waals surface area contributed by atoms with Crippen LogP contribution in [0.3, 0.4) is 0 Å². The van der Waals surface area contributed by atoms with Gasteiger partial charge >= 0.3 is 41.1 Å². The van der Waals surface area contributed by atoms with Crippen molar-refractivity contribution in [1.82, 2.24) is 4.31 Å². The first-order valence-corrected chi connectivity index (χ1v) is 7.41. The molecular weight excluding hydrogens is 465 g/mol. The molecule has 168 valence electrons. The molecule has 0 fully saturated rings. The molecule has 1 N–H and O–H groups in total. The molecule has 0 aliphatic carbocycles. The number of alkyl halides is 13. The molecule has 0 saturated heterocycles. The van der Waals surface area contributed by atoms with Gasteiger partial charge in [0.25, 0.3) is 10.0 Å². The molecule has 19 heteroatoms. The standard InChI is InChI=1S/C9H6F13NO4S/c1-23(2-3(24)25)28(26,27)9(21,22)7(16,17)5(12,13)4(10,11)6(14,15)8(18,19)20/h2H2,1H3,(H,24,25). The zero-order valence-electron chi connectivity index (χ0n) is 12.6. The van der Waals surface area contributed by atoms with Gasteiger partial charge in [0.15, 0.2) is 0 Å². The molecule has 0 aromatic carbocycles. The van der Waals surface area contributed by atoms with Crippen LogP contribution >= 0.6 is 0 Å². The maximum absolute atomic E-state index is 13.5. The smallest absolute Gasteiger partial charge is 0.460 e. The Kier molecular flexibility index (Phi) is 6.40. The number of hydrogen-bond acceptors (Lipinski definition) is 3. The van der Waals surface area contributed by atoms with E-state index in [9.17, 15) is 70.3 Å². The van der Waals surface area contributed by atoms with Gasteiger partial charge in [0.1, 0.15) is 6.54 Å². The Labute approximate surface area is 145 Å². The van der Waals surface area contributed by atoms with Crippen LogP contribution in [0.5, 0.6) is 0 Å². The lowest BCUT2D eigenvalue weighted by Gasteiger charge is -2.39. The van der Waals surface area contributed by atoms with Crippen molar-refractivity contribution in [2.24, 2.45) is 0 Å². The number of aliphatic carboxylic acids is 1. The number of carbonyl (C=O) groups is 1. The topological polar surface area (TPSA) is 74.7 Å². The van der Waals surface area contributed by atoms with Crippen LogP contribution in [-0.4, -0.2) is 72.5 Å².